The Bertz CT molecular complexity index is 977. The maximum atomic E-state index is 2.55. The highest BCUT2D eigenvalue weighted by Gasteiger charge is 2.40. The van der Waals surface area contributed by atoms with E-state index in [1.165, 1.54) is 27.4 Å². The minimum atomic E-state index is -1.93. The Morgan fingerprint density at radius 3 is 1.54 bits per heavy atom. The molecule has 26 heavy (non-hydrogen) atoms. The molecule has 1 heteroatoms. The number of hydrogen-bond donors (Lipinski definition) is 0. The second-order valence-corrected chi connectivity index (χ2v) is 11.7. The molecule has 2 aliphatic rings. The highest BCUT2D eigenvalue weighted by molar-refractivity contribution is 7.03. The first-order valence-corrected chi connectivity index (χ1v) is 11.9. The molecule has 0 fully saturated rings. The van der Waals surface area contributed by atoms with Crippen molar-refractivity contribution in [2.75, 3.05) is 0 Å². The van der Waals surface area contributed by atoms with E-state index in [1.54, 1.807) is 10.4 Å². The maximum Gasteiger partial charge on any atom is 0.137 e. The maximum absolute atomic E-state index is 2.55. The minimum Gasteiger partial charge on any atom is -0.0668 e. The van der Waals surface area contributed by atoms with Crippen LogP contribution in [0, 0.1) is 0 Å². The molecule has 0 spiro atoms. The molecule has 0 aromatic heterocycles. The molecule has 0 heterocycles. The summed E-state index contributed by atoms with van der Waals surface area (Å²) < 4.78 is 0. The smallest absolute Gasteiger partial charge is 0.0668 e. The van der Waals surface area contributed by atoms with Crippen LogP contribution < -0.4 is 5.19 Å². The Kier molecular flexibility index (Phi) is 3.58. The third-order valence-corrected chi connectivity index (χ3v) is 10.9. The lowest BCUT2D eigenvalue weighted by Crippen LogP contribution is -2.49. The monoisotopic (exact) mass is 350 g/mol. The molecule has 5 rings (SSSR count). The van der Waals surface area contributed by atoms with Crippen LogP contribution in [0.4, 0.5) is 0 Å². The van der Waals surface area contributed by atoms with Gasteiger partial charge in [0, 0.05) is 0 Å². The summed E-state index contributed by atoms with van der Waals surface area (Å²) >= 11 is 0. The van der Waals surface area contributed by atoms with E-state index in [9.17, 15) is 0 Å². The van der Waals surface area contributed by atoms with E-state index in [4.69, 9.17) is 0 Å². The van der Waals surface area contributed by atoms with Gasteiger partial charge in [0.1, 0.15) is 8.07 Å². The Morgan fingerprint density at radius 1 is 0.577 bits per heavy atom. The zero-order chi connectivity index (χ0) is 17.6. The fourth-order valence-corrected chi connectivity index (χ4v) is 8.54. The Hall–Kier alpha value is -2.64. The van der Waals surface area contributed by atoms with Crippen molar-refractivity contribution < 1.29 is 0 Å². The minimum absolute atomic E-state index is 1.10. The van der Waals surface area contributed by atoms with Crippen LogP contribution >= 0.6 is 0 Å². The van der Waals surface area contributed by atoms with E-state index in [1.807, 2.05) is 0 Å². The lowest BCUT2D eigenvalue weighted by molar-refractivity contribution is 1.23. The zero-order valence-corrected chi connectivity index (χ0v) is 16.1. The average molecular weight is 351 g/mol. The van der Waals surface area contributed by atoms with Crippen LogP contribution in [0.1, 0.15) is 22.3 Å². The topological polar surface area (TPSA) is 0 Å². The highest BCUT2D eigenvalue weighted by Crippen LogP contribution is 2.39. The third kappa shape index (κ3) is 2.35. The van der Waals surface area contributed by atoms with Crippen LogP contribution in [0.3, 0.4) is 0 Å². The fourth-order valence-electron chi connectivity index (χ4n) is 4.55. The van der Waals surface area contributed by atoms with E-state index in [0.29, 0.717) is 0 Å². The summed E-state index contributed by atoms with van der Waals surface area (Å²) in [7, 11) is -1.93. The molecule has 0 nitrogen and oxygen atoms in total. The van der Waals surface area contributed by atoms with Gasteiger partial charge >= 0.3 is 0 Å². The number of hydrogen-bond acceptors (Lipinski definition) is 0. The van der Waals surface area contributed by atoms with Crippen molar-refractivity contribution in [2.45, 2.75) is 19.4 Å². The van der Waals surface area contributed by atoms with Crippen molar-refractivity contribution >= 4 is 25.4 Å². The fraction of sp³-hybridized carbons (Fsp3) is 0.120. The molecule has 0 N–H and O–H groups in total. The van der Waals surface area contributed by atoms with E-state index >= 15 is 0 Å². The molecular weight excluding hydrogens is 328 g/mol. The van der Waals surface area contributed by atoms with Crippen LogP contribution in [0.15, 0.2) is 89.3 Å². The second kappa shape index (κ2) is 5.96. The van der Waals surface area contributed by atoms with Gasteiger partial charge in [-0.2, -0.15) is 0 Å². The number of rotatable bonds is 3. The summed E-state index contributed by atoms with van der Waals surface area (Å²) in [5, 5.41) is 4.81. The first-order chi connectivity index (χ1) is 12.7. The van der Waals surface area contributed by atoms with Gasteiger partial charge < -0.3 is 0 Å². The van der Waals surface area contributed by atoms with Crippen LogP contribution in [-0.4, -0.2) is 8.07 Å². The third-order valence-electron chi connectivity index (χ3n) is 6.17. The number of allylic oxidation sites excluding steroid dienone is 2. The molecule has 0 saturated heterocycles. The SMILES string of the molecule is C[Si](C1=Cc2ccccc2C1)(C1=Cc2ccccc2C1)c1ccccc1. The summed E-state index contributed by atoms with van der Waals surface area (Å²) in [4.78, 5) is 0. The largest absolute Gasteiger partial charge is 0.137 e. The van der Waals surface area contributed by atoms with E-state index in [0.717, 1.165) is 12.8 Å². The van der Waals surface area contributed by atoms with Gasteiger partial charge in [-0.3, -0.25) is 0 Å². The predicted octanol–water partition coefficient (Wildman–Crippen LogP) is 5.33. The van der Waals surface area contributed by atoms with E-state index < -0.39 is 8.07 Å². The molecule has 126 valence electrons. The normalized spacial score (nSPS) is 15.3. The second-order valence-electron chi connectivity index (χ2n) is 7.58. The first kappa shape index (κ1) is 15.6. The highest BCUT2D eigenvalue weighted by atomic mass is 28.3. The molecule has 0 saturated carbocycles. The Morgan fingerprint density at radius 2 is 1.04 bits per heavy atom. The van der Waals surface area contributed by atoms with E-state index in [2.05, 4.69) is 97.6 Å². The van der Waals surface area contributed by atoms with Crippen LogP contribution in [-0.2, 0) is 12.8 Å². The van der Waals surface area contributed by atoms with Gasteiger partial charge in [0.05, 0.1) is 0 Å². The van der Waals surface area contributed by atoms with Gasteiger partial charge in [-0.15, -0.1) is 0 Å². The summed E-state index contributed by atoms with van der Waals surface area (Å²) in [5.41, 5.74) is 5.78. The standard InChI is InChI=1S/C25H22Si/c1-26(23-13-3-2-4-14-23,24-15-19-9-5-6-10-20(19)16-24)25-17-21-11-7-8-12-22(21)18-25/h2-15,17H,16,18H2,1H3. The molecule has 0 aliphatic heterocycles. The summed E-state index contributed by atoms with van der Waals surface area (Å²) in [5.74, 6) is 0. The van der Waals surface area contributed by atoms with Crippen molar-refractivity contribution in [3.63, 3.8) is 0 Å². The first-order valence-electron chi connectivity index (χ1n) is 9.38. The van der Waals surface area contributed by atoms with Gasteiger partial charge in [0.15, 0.2) is 0 Å². The lowest BCUT2D eigenvalue weighted by atomic mass is 10.1. The van der Waals surface area contributed by atoms with Crippen LogP contribution in [0.5, 0.6) is 0 Å². The van der Waals surface area contributed by atoms with Crippen molar-refractivity contribution in [3.05, 3.63) is 112 Å². The predicted molar refractivity (Wildman–Crippen MR) is 114 cm³/mol. The van der Waals surface area contributed by atoms with Gasteiger partial charge in [-0.25, -0.2) is 0 Å². The van der Waals surface area contributed by atoms with Crippen LogP contribution in [0.2, 0.25) is 6.55 Å². The lowest BCUT2D eigenvalue weighted by Gasteiger charge is -2.32. The zero-order valence-electron chi connectivity index (χ0n) is 15.1. The van der Waals surface area contributed by atoms with Crippen molar-refractivity contribution in [1.29, 1.82) is 0 Å². The molecule has 0 bridgehead atoms. The van der Waals surface area contributed by atoms with Crippen molar-refractivity contribution in [3.8, 4) is 0 Å². The molecule has 3 aromatic rings. The average Bonchev–Trinajstić information content (AvgIpc) is 3.32. The Labute approximate surface area is 156 Å². The van der Waals surface area contributed by atoms with Crippen molar-refractivity contribution in [2.24, 2.45) is 0 Å². The molecule has 3 aromatic carbocycles. The van der Waals surface area contributed by atoms with Gasteiger partial charge in [0.2, 0.25) is 0 Å². The van der Waals surface area contributed by atoms with Gasteiger partial charge in [-0.05, 0) is 35.1 Å². The molecular formula is C25H22Si. The number of fused-ring (bicyclic) bond motifs is 2. The van der Waals surface area contributed by atoms with Gasteiger partial charge in [-0.1, -0.05) is 113 Å². The quantitative estimate of drug-likeness (QED) is 0.560. The summed E-state index contributed by atoms with van der Waals surface area (Å²) in [6, 6.07) is 29.0. The molecule has 0 radical (unpaired) electrons. The molecule has 2 aliphatic carbocycles. The van der Waals surface area contributed by atoms with Crippen LogP contribution in [0.25, 0.3) is 12.2 Å². The van der Waals surface area contributed by atoms with Crippen molar-refractivity contribution in [1.82, 2.24) is 0 Å². The van der Waals surface area contributed by atoms with Gasteiger partial charge in [0.25, 0.3) is 0 Å². The number of benzene rings is 3. The summed E-state index contributed by atoms with van der Waals surface area (Å²) in [6.07, 6.45) is 7.17. The van der Waals surface area contributed by atoms with E-state index in [-0.39, 0.29) is 0 Å². The molecule has 0 amide bonds. The molecule has 0 unspecified atom stereocenters. The summed E-state index contributed by atoms with van der Waals surface area (Å²) in [6.45, 7) is 2.55. The Balaban J connectivity index is 1.65. The molecule has 0 atom stereocenters.